The minimum absolute atomic E-state index is 0.259. The maximum atomic E-state index is 12.9. The fourth-order valence-corrected chi connectivity index (χ4v) is 2.74. The first-order valence-electron chi connectivity index (χ1n) is 8.29. The van der Waals surface area contributed by atoms with Gasteiger partial charge in [-0.05, 0) is 35.9 Å². The van der Waals surface area contributed by atoms with Crippen molar-refractivity contribution in [1.29, 1.82) is 5.26 Å². The van der Waals surface area contributed by atoms with Gasteiger partial charge in [0.1, 0.15) is 12.0 Å². The summed E-state index contributed by atoms with van der Waals surface area (Å²) >= 11 is 6.05. The van der Waals surface area contributed by atoms with E-state index in [2.05, 4.69) is 17.2 Å². The first kappa shape index (κ1) is 18.3. The molecule has 3 rings (SSSR count). The van der Waals surface area contributed by atoms with Crippen molar-refractivity contribution in [3.63, 3.8) is 0 Å². The molecule has 0 aliphatic heterocycles. The molecule has 130 valence electrons. The maximum Gasteiger partial charge on any atom is 0.244 e. The van der Waals surface area contributed by atoms with Gasteiger partial charge in [0.05, 0.1) is 10.6 Å². The Hall–Kier alpha value is -3.53. The Morgan fingerprint density at radius 2 is 1.63 bits per heavy atom. The van der Waals surface area contributed by atoms with Crippen molar-refractivity contribution in [2.24, 2.45) is 0 Å². The van der Waals surface area contributed by atoms with Gasteiger partial charge < -0.3 is 5.32 Å². The van der Waals surface area contributed by atoms with E-state index in [-0.39, 0.29) is 5.91 Å². The van der Waals surface area contributed by atoms with Gasteiger partial charge >= 0.3 is 0 Å². The van der Waals surface area contributed by atoms with Gasteiger partial charge in [0, 0.05) is 11.3 Å². The molecule has 0 heterocycles. The number of halogens is 1. The number of rotatable bonds is 3. The van der Waals surface area contributed by atoms with Crippen LogP contribution in [0.3, 0.4) is 0 Å². The number of nitriles is 1. The Balaban J connectivity index is 1.89. The van der Waals surface area contributed by atoms with Gasteiger partial charge in [-0.1, -0.05) is 72.0 Å². The SMILES string of the molecule is N#Cc1ccc(NC(=O)C(C#Cc2ccccc2)c2ccccc2)cc1Cl. The van der Waals surface area contributed by atoms with Crippen molar-refractivity contribution in [1.82, 2.24) is 0 Å². The lowest BCUT2D eigenvalue weighted by atomic mass is 9.98. The van der Waals surface area contributed by atoms with Crippen molar-refractivity contribution >= 4 is 23.2 Å². The molecular formula is C23H15ClN2O. The smallest absolute Gasteiger partial charge is 0.244 e. The molecule has 4 heteroatoms. The predicted octanol–water partition coefficient (Wildman–Crippen LogP) is 4.99. The Labute approximate surface area is 163 Å². The van der Waals surface area contributed by atoms with Gasteiger partial charge in [0.25, 0.3) is 0 Å². The summed E-state index contributed by atoms with van der Waals surface area (Å²) in [5.41, 5.74) is 2.52. The first-order chi connectivity index (χ1) is 13.2. The lowest BCUT2D eigenvalue weighted by Crippen LogP contribution is -2.20. The number of amides is 1. The predicted molar refractivity (Wildman–Crippen MR) is 107 cm³/mol. The lowest BCUT2D eigenvalue weighted by Gasteiger charge is -2.12. The third kappa shape index (κ3) is 4.76. The zero-order valence-electron chi connectivity index (χ0n) is 14.3. The zero-order valence-corrected chi connectivity index (χ0v) is 15.1. The van der Waals surface area contributed by atoms with Crippen LogP contribution in [0.2, 0.25) is 5.02 Å². The second-order valence-corrected chi connectivity index (χ2v) is 6.18. The molecule has 3 aromatic carbocycles. The largest absolute Gasteiger partial charge is 0.325 e. The highest BCUT2D eigenvalue weighted by Gasteiger charge is 2.18. The van der Waals surface area contributed by atoms with Crippen LogP contribution in [0.5, 0.6) is 0 Å². The molecule has 1 unspecified atom stereocenters. The average molecular weight is 371 g/mol. The molecule has 0 aromatic heterocycles. The van der Waals surface area contributed by atoms with E-state index in [1.165, 1.54) is 0 Å². The van der Waals surface area contributed by atoms with Gasteiger partial charge in [0.2, 0.25) is 5.91 Å². The van der Waals surface area contributed by atoms with Crippen LogP contribution in [0, 0.1) is 23.2 Å². The van der Waals surface area contributed by atoms with E-state index >= 15 is 0 Å². The molecule has 3 nitrogen and oxygen atoms in total. The normalized spacial score (nSPS) is 10.8. The van der Waals surface area contributed by atoms with Crippen LogP contribution in [-0.4, -0.2) is 5.91 Å². The van der Waals surface area contributed by atoms with Crippen LogP contribution >= 0.6 is 11.6 Å². The monoisotopic (exact) mass is 370 g/mol. The topological polar surface area (TPSA) is 52.9 Å². The third-order valence-corrected chi connectivity index (χ3v) is 4.20. The molecule has 0 bridgehead atoms. The van der Waals surface area contributed by atoms with Gasteiger partial charge in [0.15, 0.2) is 0 Å². The van der Waals surface area contributed by atoms with Crippen LogP contribution in [-0.2, 0) is 4.79 Å². The highest BCUT2D eigenvalue weighted by atomic mass is 35.5. The van der Waals surface area contributed by atoms with Crippen LogP contribution in [0.4, 0.5) is 5.69 Å². The third-order valence-electron chi connectivity index (χ3n) is 3.89. The molecule has 0 spiro atoms. The quantitative estimate of drug-likeness (QED) is 0.660. The highest BCUT2D eigenvalue weighted by molar-refractivity contribution is 6.32. The maximum absolute atomic E-state index is 12.9. The number of nitrogens with zero attached hydrogens (tertiary/aromatic N) is 1. The standard InChI is InChI=1S/C23H15ClN2O/c24-22-15-20(13-12-19(22)16-25)26-23(27)21(18-9-5-2-6-10-18)14-11-17-7-3-1-4-8-17/h1-10,12-13,15,21H,(H,26,27). The van der Waals surface area contributed by atoms with Gasteiger partial charge in [-0.25, -0.2) is 0 Å². The number of nitrogens with one attached hydrogen (secondary N) is 1. The van der Waals surface area contributed by atoms with Crippen LogP contribution in [0.15, 0.2) is 78.9 Å². The summed E-state index contributed by atoms with van der Waals surface area (Å²) in [7, 11) is 0. The van der Waals surface area contributed by atoms with Crippen molar-refractivity contribution in [2.75, 3.05) is 5.32 Å². The Morgan fingerprint density at radius 3 is 2.26 bits per heavy atom. The fraction of sp³-hybridized carbons (Fsp3) is 0.0435. The number of carbonyl (C=O) groups excluding carboxylic acids is 1. The summed E-state index contributed by atoms with van der Waals surface area (Å²) in [6, 6.07) is 25.7. The zero-order chi connectivity index (χ0) is 19.1. The molecule has 0 aliphatic rings. The Bertz CT molecular complexity index is 1040. The van der Waals surface area contributed by atoms with Gasteiger partial charge in [-0.15, -0.1) is 0 Å². The average Bonchev–Trinajstić information content (AvgIpc) is 2.70. The summed E-state index contributed by atoms with van der Waals surface area (Å²) in [4.78, 5) is 12.9. The Kier molecular flexibility index (Phi) is 5.90. The molecule has 0 saturated carbocycles. The molecule has 3 aromatic rings. The van der Waals surface area contributed by atoms with E-state index < -0.39 is 5.92 Å². The Morgan fingerprint density at radius 1 is 0.963 bits per heavy atom. The van der Waals surface area contributed by atoms with E-state index in [1.807, 2.05) is 66.7 Å². The summed E-state index contributed by atoms with van der Waals surface area (Å²) < 4.78 is 0. The molecule has 0 radical (unpaired) electrons. The number of anilines is 1. The molecule has 1 atom stereocenters. The summed E-state index contributed by atoms with van der Waals surface area (Å²) in [6.07, 6.45) is 0. The molecule has 0 fully saturated rings. The summed E-state index contributed by atoms with van der Waals surface area (Å²) in [5.74, 6) is 5.22. The lowest BCUT2D eigenvalue weighted by molar-refractivity contribution is -0.116. The number of carbonyl (C=O) groups is 1. The van der Waals surface area contributed by atoms with Crippen molar-refractivity contribution in [3.05, 3.63) is 101 Å². The van der Waals surface area contributed by atoms with Crippen molar-refractivity contribution in [3.8, 4) is 17.9 Å². The number of hydrogen-bond donors (Lipinski definition) is 1. The molecule has 1 N–H and O–H groups in total. The first-order valence-corrected chi connectivity index (χ1v) is 8.67. The van der Waals surface area contributed by atoms with E-state index in [0.717, 1.165) is 11.1 Å². The van der Waals surface area contributed by atoms with E-state index in [4.69, 9.17) is 16.9 Å². The molecule has 27 heavy (non-hydrogen) atoms. The fourth-order valence-electron chi connectivity index (χ4n) is 2.52. The molecule has 1 amide bonds. The van der Waals surface area contributed by atoms with Gasteiger partial charge in [-0.2, -0.15) is 5.26 Å². The van der Waals surface area contributed by atoms with Crippen molar-refractivity contribution in [2.45, 2.75) is 5.92 Å². The minimum atomic E-state index is -0.638. The second-order valence-electron chi connectivity index (χ2n) is 5.77. The van der Waals surface area contributed by atoms with E-state index in [9.17, 15) is 4.79 Å². The van der Waals surface area contributed by atoms with E-state index in [0.29, 0.717) is 16.3 Å². The molecule has 0 saturated heterocycles. The van der Waals surface area contributed by atoms with Crippen molar-refractivity contribution < 1.29 is 4.79 Å². The summed E-state index contributed by atoms with van der Waals surface area (Å²) in [6.45, 7) is 0. The highest BCUT2D eigenvalue weighted by Crippen LogP contribution is 2.22. The number of hydrogen-bond acceptors (Lipinski definition) is 2. The van der Waals surface area contributed by atoms with E-state index in [1.54, 1.807) is 18.2 Å². The molecule has 0 aliphatic carbocycles. The molecular weight excluding hydrogens is 356 g/mol. The van der Waals surface area contributed by atoms with Gasteiger partial charge in [-0.3, -0.25) is 4.79 Å². The van der Waals surface area contributed by atoms with Crippen LogP contribution in [0.1, 0.15) is 22.6 Å². The second kappa shape index (κ2) is 8.72. The number of benzene rings is 3. The van der Waals surface area contributed by atoms with Crippen LogP contribution < -0.4 is 5.32 Å². The minimum Gasteiger partial charge on any atom is -0.325 e. The van der Waals surface area contributed by atoms with Crippen LogP contribution in [0.25, 0.3) is 0 Å². The summed E-state index contributed by atoms with van der Waals surface area (Å²) in [5, 5.41) is 12.1.